The molecule has 0 spiro atoms. The van der Waals surface area contributed by atoms with E-state index >= 15 is 0 Å². The molecule has 6 heteroatoms. The second kappa shape index (κ2) is 4.56. The Morgan fingerprint density at radius 1 is 1.44 bits per heavy atom. The van der Waals surface area contributed by atoms with E-state index in [1.54, 1.807) is 30.8 Å². The van der Waals surface area contributed by atoms with E-state index in [0.717, 1.165) is 11.3 Å². The smallest absolute Gasteiger partial charge is 0.207 e. The number of aryl methyl sites for hydroxylation is 1. The molecule has 0 aliphatic carbocycles. The minimum Gasteiger partial charge on any atom is -0.207 e. The average Bonchev–Trinajstić information content (AvgIpc) is 2.75. The number of rotatable bonds is 2. The molecule has 1 heterocycles. The fraction of sp³-hybridized carbons (Fsp3) is 0.400. The van der Waals surface area contributed by atoms with E-state index in [0.29, 0.717) is 22.3 Å². The molecule has 0 aromatic heterocycles. The molecular formula is C10H12ClNO2S2. The Morgan fingerprint density at radius 2 is 2.19 bits per heavy atom. The maximum absolute atomic E-state index is 12.3. The van der Waals surface area contributed by atoms with Crippen LogP contribution in [0.5, 0.6) is 0 Å². The second-order valence-electron chi connectivity index (χ2n) is 3.63. The van der Waals surface area contributed by atoms with Crippen molar-refractivity contribution in [3.8, 4) is 0 Å². The monoisotopic (exact) mass is 277 g/mol. The molecule has 0 unspecified atom stereocenters. The van der Waals surface area contributed by atoms with E-state index in [2.05, 4.69) is 0 Å². The summed E-state index contributed by atoms with van der Waals surface area (Å²) in [6, 6.07) is 4.96. The molecule has 1 aromatic carbocycles. The molecule has 1 aromatic rings. The summed E-state index contributed by atoms with van der Waals surface area (Å²) in [6.45, 7) is 2.37. The summed E-state index contributed by atoms with van der Waals surface area (Å²) < 4.78 is 26.0. The van der Waals surface area contributed by atoms with E-state index in [9.17, 15) is 8.42 Å². The lowest BCUT2D eigenvalue weighted by atomic mass is 10.2. The largest absolute Gasteiger partial charge is 0.244 e. The third kappa shape index (κ3) is 2.22. The van der Waals surface area contributed by atoms with Crippen LogP contribution in [-0.2, 0) is 10.0 Å². The van der Waals surface area contributed by atoms with Crippen molar-refractivity contribution in [2.24, 2.45) is 0 Å². The highest BCUT2D eigenvalue weighted by Crippen LogP contribution is 2.27. The molecular weight excluding hydrogens is 266 g/mol. The topological polar surface area (TPSA) is 37.4 Å². The van der Waals surface area contributed by atoms with Crippen LogP contribution in [0.1, 0.15) is 5.56 Å². The standard InChI is InChI=1S/C10H12ClNO2S2/c1-8-2-3-9(11)6-10(8)16(13,14)12-4-5-15-7-12/h2-3,6H,4-5,7H2,1H3. The highest BCUT2D eigenvalue weighted by atomic mass is 35.5. The van der Waals surface area contributed by atoms with Crippen molar-refractivity contribution in [2.75, 3.05) is 18.2 Å². The lowest BCUT2D eigenvalue weighted by Gasteiger charge is -2.16. The van der Waals surface area contributed by atoms with Crippen LogP contribution in [0, 0.1) is 6.92 Å². The van der Waals surface area contributed by atoms with Gasteiger partial charge in [0.2, 0.25) is 10.0 Å². The number of halogens is 1. The van der Waals surface area contributed by atoms with Gasteiger partial charge in [-0.1, -0.05) is 17.7 Å². The van der Waals surface area contributed by atoms with Gasteiger partial charge < -0.3 is 0 Å². The molecule has 1 aliphatic rings. The highest BCUT2D eigenvalue weighted by Gasteiger charge is 2.28. The first-order chi connectivity index (χ1) is 7.51. The van der Waals surface area contributed by atoms with Crippen LogP contribution in [0.3, 0.4) is 0 Å². The SMILES string of the molecule is Cc1ccc(Cl)cc1S(=O)(=O)N1CCSC1. The first-order valence-corrected chi connectivity index (χ1v) is 7.83. The number of hydrogen-bond donors (Lipinski definition) is 0. The third-order valence-corrected chi connectivity index (χ3v) is 5.84. The minimum absolute atomic E-state index is 0.322. The van der Waals surface area contributed by atoms with Gasteiger partial charge in [-0.25, -0.2) is 8.42 Å². The maximum atomic E-state index is 12.3. The molecule has 88 valence electrons. The van der Waals surface area contributed by atoms with Crippen molar-refractivity contribution >= 4 is 33.4 Å². The molecule has 0 amide bonds. The summed E-state index contributed by atoms with van der Waals surface area (Å²) in [5.74, 6) is 1.40. The van der Waals surface area contributed by atoms with Crippen LogP contribution in [0.4, 0.5) is 0 Å². The van der Waals surface area contributed by atoms with Crippen molar-refractivity contribution in [3.05, 3.63) is 28.8 Å². The molecule has 0 radical (unpaired) electrons. The van der Waals surface area contributed by atoms with Gasteiger partial charge in [0, 0.05) is 17.3 Å². The molecule has 1 fully saturated rings. The molecule has 16 heavy (non-hydrogen) atoms. The molecule has 0 N–H and O–H groups in total. The lowest BCUT2D eigenvalue weighted by Crippen LogP contribution is -2.28. The van der Waals surface area contributed by atoms with Crippen LogP contribution in [0.15, 0.2) is 23.1 Å². The molecule has 0 saturated carbocycles. The molecule has 1 saturated heterocycles. The van der Waals surface area contributed by atoms with E-state index in [1.165, 1.54) is 10.4 Å². The van der Waals surface area contributed by atoms with E-state index < -0.39 is 10.0 Å². The quantitative estimate of drug-likeness (QED) is 0.833. The first-order valence-electron chi connectivity index (χ1n) is 4.86. The summed E-state index contributed by atoms with van der Waals surface area (Å²) in [5, 5.41) is 0.455. The first kappa shape index (κ1) is 12.2. The van der Waals surface area contributed by atoms with E-state index in [1.807, 2.05) is 0 Å². The fourth-order valence-corrected chi connectivity index (χ4v) is 4.88. The van der Waals surface area contributed by atoms with Gasteiger partial charge in [-0.2, -0.15) is 4.31 Å². The van der Waals surface area contributed by atoms with Crippen molar-refractivity contribution in [3.63, 3.8) is 0 Å². The summed E-state index contributed by atoms with van der Waals surface area (Å²) in [5.41, 5.74) is 0.737. The predicted octanol–water partition coefficient (Wildman–Crippen LogP) is 2.34. The van der Waals surface area contributed by atoms with E-state index in [-0.39, 0.29) is 0 Å². The van der Waals surface area contributed by atoms with Crippen LogP contribution >= 0.6 is 23.4 Å². The van der Waals surface area contributed by atoms with Gasteiger partial charge in [0.1, 0.15) is 0 Å². The highest BCUT2D eigenvalue weighted by molar-refractivity contribution is 8.00. The number of benzene rings is 1. The Labute approximate surface area is 105 Å². The van der Waals surface area contributed by atoms with Gasteiger partial charge in [-0.3, -0.25) is 0 Å². The zero-order valence-electron chi connectivity index (χ0n) is 8.81. The maximum Gasteiger partial charge on any atom is 0.244 e. The second-order valence-corrected chi connectivity index (χ2v) is 7.05. The van der Waals surface area contributed by atoms with Crippen LogP contribution in [0.25, 0.3) is 0 Å². The van der Waals surface area contributed by atoms with Crippen LogP contribution in [0.2, 0.25) is 5.02 Å². The Bertz CT molecular complexity index is 496. The number of thioether (sulfide) groups is 1. The third-order valence-electron chi connectivity index (χ3n) is 2.49. The van der Waals surface area contributed by atoms with E-state index in [4.69, 9.17) is 11.6 Å². The summed E-state index contributed by atoms with van der Waals surface area (Å²) >= 11 is 7.47. The normalized spacial score (nSPS) is 17.9. The van der Waals surface area contributed by atoms with Gasteiger partial charge in [0.25, 0.3) is 0 Å². The van der Waals surface area contributed by atoms with Gasteiger partial charge in [0.05, 0.1) is 10.8 Å². The molecule has 3 nitrogen and oxygen atoms in total. The zero-order chi connectivity index (χ0) is 11.8. The number of nitrogens with zero attached hydrogens (tertiary/aromatic N) is 1. The Kier molecular flexibility index (Phi) is 3.49. The lowest BCUT2D eigenvalue weighted by molar-refractivity contribution is 0.489. The molecule has 0 atom stereocenters. The molecule has 2 rings (SSSR count). The van der Waals surface area contributed by atoms with Crippen molar-refractivity contribution < 1.29 is 8.42 Å². The van der Waals surface area contributed by atoms with Crippen molar-refractivity contribution in [1.82, 2.24) is 4.31 Å². The Morgan fingerprint density at radius 3 is 2.81 bits per heavy atom. The Hall–Kier alpha value is -0.230. The molecule has 1 aliphatic heterocycles. The van der Waals surface area contributed by atoms with Crippen LogP contribution in [-0.4, -0.2) is 30.9 Å². The fourth-order valence-electron chi connectivity index (χ4n) is 1.58. The van der Waals surface area contributed by atoms with Gasteiger partial charge >= 0.3 is 0 Å². The number of sulfonamides is 1. The zero-order valence-corrected chi connectivity index (χ0v) is 11.2. The average molecular weight is 278 g/mol. The number of hydrogen-bond acceptors (Lipinski definition) is 3. The summed E-state index contributed by atoms with van der Waals surface area (Å²) in [7, 11) is -3.36. The van der Waals surface area contributed by atoms with Crippen molar-refractivity contribution in [1.29, 1.82) is 0 Å². The van der Waals surface area contributed by atoms with Crippen LogP contribution < -0.4 is 0 Å². The minimum atomic E-state index is -3.36. The molecule has 0 bridgehead atoms. The summed E-state index contributed by atoms with van der Waals surface area (Å²) in [6.07, 6.45) is 0. The van der Waals surface area contributed by atoms with Gasteiger partial charge in [-0.05, 0) is 24.6 Å². The summed E-state index contributed by atoms with van der Waals surface area (Å²) in [4.78, 5) is 0.322. The Balaban J connectivity index is 2.46. The van der Waals surface area contributed by atoms with Crippen molar-refractivity contribution in [2.45, 2.75) is 11.8 Å². The van der Waals surface area contributed by atoms with Gasteiger partial charge in [-0.15, -0.1) is 11.8 Å². The predicted molar refractivity (Wildman–Crippen MR) is 67.4 cm³/mol. The van der Waals surface area contributed by atoms with Gasteiger partial charge in [0.15, 0.2) is 0 Å².